The summed E-state index contributed by atoms with van der Waals surface area (Å²) in [6.07, 6.45) is 1.60. The van der Waals surface area contributed by atoms with Crippen molar-refractivity contribution in [2.24, 2.45) is 11.1 Å². The Morgan fingerprint density at radius 2 is 1.47 bits per heavy atom. The predicted octanol–water partition coefficient (Wildman–Crippen LogP) is 3.13. The summed E-state index contributed by atoms with van der Waals surface area (Å²) in [5.41, 5.74) is 5.22. The zero-order valence-corrected chi connectivity index (χ0v) is 23.4. The highest BCUT2D eigenvalue weighted by Gasteiger charge is 2.43. The van der Waals surface area contributed by atoms with Crippen molar-refractivity contribution < 1.29 is 19.1 Å². The molecule has 174 valence electrons. The fourth-order valence-corrected chi connectivity index (χ4v) is 2.97. The number of nitrogens with zero attached hydrogens (tertiary/aromatic N) is 1. The van der Waals surface area contributed by atoms with Crippen molar-refractivity contribution in [3.05, 3.63) is 12.7 Å². The molecule has 0 aromatic carbocycles. The topological polar surface area (TPSA) is 102 Å². The first-order valence-electron chi connectivity index (χ1n) is 9.51. The molecule has 1 atom stereocenters. The van der Waals surface area contributed by atoms with E-state index in [1.807, 2.05) is 0 Å². The lowest BCUT2D eigenvalue weighted by Crippen LogP contribution is -2.59. The van der Waals surface area contributed by atoms with Crippen LogP contribution in [0.1, 0.15) is 41.5 Å². The van der Waals surface area contributed by atoms with Gasteiger partial charge in [-0.3, -0.25) is 19.3 Å². The lowest BCUT2D eigenvalue weighted by atomic mass is 9.87. The average molecular weight is 620 g/mol. The molecule has 10 heteroatoms. The summed E-state index contributed by atoms with van der Waals surface area (Å²) in [4.78, 5) is 39.8. The number of nitrogens with two attached hydrogens (primary N) is 1. The number of ether oxygens (including phenoxy) is 1. The molecular formula is C20H34Br3N3O4. The monoisotopic (exact) mass is 617 g/mol. The Morgan fingerprint density at radius 1 is 1.00 bits per heavy atom. The number of amides is 3. The second-order valence-corrected chi connectivity index (χ2v) is 14.8. The average Bonchev–Trinajstić information content (AvgIpc) is 2.60. The molecular weight excluding hydrogens is 586 g/mol. The third-order valence-electron chi connectivity index (χ3n) is 4.24. The van der Waals surface area contributed by atoms with Crippen molar-refractivity contribution in [1.82, 2.24) is 10.2 Å². The minimum absolute atomic E-state index is 0.0225. The van der Waals surface area contributed by atoms with Gasteiger partial charge in [-0.05, 0) is 41.5 Å². The van der Waals surface area contributed by atoms with E-state index in [-0.39, 0.29) is 38.8 Å². The SMILES string of the molecule is C=CCOCC(CN)(CNC(=O)C(C)(C)Br)CN(C(=O)C(C)(C)Br)C(=O)C(C)(C)Br. The summed E-state index contributed by atoms with van der Waals surface area (Å²) in [5.74, 6) is -1.06. The summed E-state index contributed by atoms with van der Waals surface area (Å²) in [6, 6.07) is 0. The minimum atomic E-state index is -0.968. The van der Waals surface area contributed by atoms with Gasteiger partial charge in [0.1, 0.15) is 0 Å². The van der Waals surface area contributed by atoms with Crippen LogP contribution in [0, 0.1) is 5.41 Å². The van der Waals surface area contributed by atoms with E-state index < -0.39 is 30.2 Å². The second-order valence-electron chi connectivity index (χ2n) is 8.80. The number of rotatable bonds is 12. The summed E-state index contributed by atoms with van der Waals surface area (Å²) in [5, 5.41) is 2.86. The van der Waals surface area contributed by atoms with Crippen molar-refractivity contribution in [2.75, 3.05) is 32.8 Å². The molecule has 0 aromatic rings. The van der Waals surface area contributed by atoms with Crippen LogP contribution in [0.25, 0.3) is 0 Å². The Labute approximate surface area is 205 Å². The lowest BCUT2D eigenvalue weighted by molar-refractivity contribution is -0.149. The molecule has 0 saturated heterocycles. The molecule has 0 fully saturated rings. The maximum atomic E-state index is 13.1. The quantitative estimate of drug-likeness (QED) is 0.199. The van der Waals surface area contributed by atoms with Crippen molar-refractivity contribution in [1.29, 1.82) is 0 Å². The number of hydrogen-bond acceptors (Lipinski definition) is 5. The highest BCUT2D eigenvalue weighted by Crippen LogP contribution is 2.29. The fraction of sp³-hybridized carbons (Fsp3) is 0.750. The molecule has 0 bridgehead atoms. The molecule has 3 N–H and O–H groups in total. The van der Waals surface area contributed by atoms with Crippen LogP contribution in [0.3, 0.4) is 0 Å². The summed E-state index contributed by atoms with van der Waals surface area (Å²) in [7, 11) is 0. The Morgan fingerprint density at radius 3 is 1.80 bits per heavy atom. The lowest BCUT2D eigenvalue weighted by Gasteiger charge is -2.40. The van der Waals surface area contributed by atoms with Crippen LogP contribution < -0.4 is 11.1 Å². The van der Waals surface area contributed by atoms with Gasteiger partial charge < -0.3 is 15.8 Å². The van der Waals surface area contributed by atoms with Crippen LogP contribution in [0.15, 0.2) is 12.7 Å². The van der Waals surface area contributed by atoms with E-state index in [1.165, 1.54) is 4.90 Å². The van der Waals surface area contributed by atoms with E-state index in [1.54, 1.807) is 47.6 Å². The molecule has 30 heavy (non-hydrogen) atoms. The number of halogens is 3. The summed E-state index contributed by atoms with van der Waals surface area (Å²) in [6.45, 7) is 14.3. The third-order valence-corrected chi connectivity index (χ3v) is 5.28. The predicted molar refractivity (Wildman–Crippen MR) is 131 cm³/mol. The van der Waals surface area contributed by atoms with E-state index in [0.29, 0.717) is 0 Å². The van der Waals surface area contributed by atoms with Crippen molar-refractivity contribution in [2.45, 2.75) is 54.5 Å². The fourth-order valence-electron chi connectivity index (χ4n) is 2.40. The standard InChI is InChI=1S/C20H34Br3N3O4/c1-8-9-30-13-20(10-24,11-25-14(27)17(2,3)21)12-26(15(28)18(4,5)22)16(29)19(6,7)23/h8H,1,9-13,24H2,2-7H3,(H,25,27). The maximum Gasteiger partial charge on any atom is 0.245 e. The molecule has 0 spiro atoms. The molecule has 0 heterocycles. The Hall–Kier alpha value is -0.290. The number of imide groups is 1. The smallest absolute Gasteiger partial charge is 0.245 e. The summed E-state index contributed by atoms with van der Waals surface area (Å²) < 4.78 is 2.94. The molecule has 7 nitrogen and oxygen atoms in total. The molecule has 0 aliphatic heterocycles. The van der Waals surface area contributed by atoms with Crippen LogP contribution in [0.5, 0.6) is 0 Å². The third kappa shape index (κ3) is 9.46. The Kier molecular flexibility index (Phi) is 11.4. The van der Waals surface area contributed by atoms with Crippen molar-refractivity contribution in [3.8, 4) is 0 Å². The first kappa shape index (κ1) is 29.7. The van der Waals surface area contributed by atoms with Gasteiger partial charge in [-0.2, -0.15) is 0 Å². The molecule has 0 aromatic heterocycles. The van der Waals surface area contributed by atoms with Crippen LogP contribution in [0.2, 0.25) is 0 Å². The minimum Gasteiger partial charge on any atom is -0.377 e. The van der Waals surface area contributed by atoms with E-state index in [4.69, 9.17) is 10.5 Å². The van der Waals surface area contributed by atoms with Gasteiger partial charge >= 0.3 is 0 Å². The van der Waals surface area contributed by atoms with Gasteiger partial charge in [0.15, 0.2) is 0 Å². The van der Waals surface area contributed by atoms with E-state index >= 15 is 0 Å². The van der Waals surface area contributed by atoms with Crippen LogP contribution in [-0.2, 0) is 19.1 Å². The van der Waals surface area contributed by atoms with Crippen LogP contribution in [-0.4, -0.2) is 68.4 Å². The number of nitrogens with one attached hydrogen (secondary N) is 1. The number of carbonyl (C=O) groups is 3. The molecule has 0 aliphatic rings. The molecule has 0 saturated carbocycles. The first-order chi connectivity index (χ1) is 13.4. The van der Waals surface area contributed by atoms with Gasteiger partial charge in [0, 0.05) is 25.0 Å². The van der Waals surface area contributed by atoms with Gasteiger partial charge in [-0.25, -0.2) is 0 Å². The normalized spacial score (nSPS) is 14.6. The first-order valence-corrected chi connectivity index (χ1v) is 11.9. The number of alkyl halides is 3. The van der Waals surface area contributed by atoms with Gasteiger partial charge in [0.2, 0.25) is 17.7 Å². The molecule has 1 unspecified atom stereocenters. The zero-order valence-electron chi connectivity index (χ0n) is 18.6. The largest absolute Gasteiger partial charge is 0.377 e. The van der Waals surface area contributed by atoms with Crippen molar-refractivity contribution in [3.63, 3.8) is 0 Å². The van der Waals surface area contributed by atoms with Gasteiger partial charge in [0.05, 0.1) is 26.2 Å². The molecule has 0 radical (unpaired) electrons. The highest BCUT2D eigenvalue weighted by atomic mass is 79.9. The number of hydrogen-bond donors (Lipinski definition) is 2. The molecule has 3 amide bonds. The van der Waals surface area contributed by atoms with E-state index in [0.717, 1.165) is 0 Å². The van der Waals surface area contributed by atoms with Gasteiger partial charge in [0.25, 0.3) is 0 Å². The van der Waals surface area contributed by atoms with Crippen LogP contribution in [0.4, 0.5) is 0 Å². The number of carbonyl (C=O) groups excluding carboxylic acids is 3. The van der Waals surface area contributed by atoms with Gasteiger partial charge in [-0.15, -0.1) is 6.58 Å². The van der Waals surface area contributed by atoms with E-state index in [2.05, 4.69) is 59.7 Å². The maximum absolute atomic E-state index is 13.1. The summed E-state index contributed by atoms with van der Waals surface area (Å²) >= 11 is 10.0. The zero-order chi connectivity index (χ0) is 24.0. The Balaban J connectivity index is 6.05. The molecule has 0 aliphatic carbocycles. The second kappa shape index (κ2) is 11.5. The van der Waals surface area contributed by atoms with Crippen molar-refractivity contribution >= 4 is 65.5 Å². The Bertz CT molecular complexity index is 611. The van der Waals surface area contributed by atoms with Crippen LogP contribution >= 0.6 is 47.8 Å². The van der Waals surface area contributed by atoms with Gasteiger partial charge in [-0.1, -0.05) is 53.9 Å². The molecule has 0 rings (SSSR count). The highest BCUT2D eigenvalue weighted by molar-refractivity contribution is 9.10. The van der Waals surface area contributed by atoms with E-state index in [9.17, 15) is 14.4 Å².